The third-order valence-corrected chi connectivity index (χ3v) is 2.73. The van der Waals surface area contributed by atoms with Gasteiger partial charge in [-0.25, -0.2) is 9.37 Å². The van der Waals surface area contributed by atoms with Gasteiger partial charge in [0.25, 0.3) is 0 Å². The van der Waals surface area contributed by atoms with E-state index in [4.69, 9.17) is 16.7 Å². The molecule has 0 amide bonds. The van der Waals surface area contributed by atoms with Gasteiger partial charge in [-0.2, -0.15) is 0 Å². The summed E-state index contributed by atoms with van der Waals surface area (Å²) in [5.74, 6) is -1.29. The van der Waals surface area contributed by atoms with Gasteiger partial charge in [-0.1, -0.05) is 17.7 Å². The summed E-state index contributed by atoms with van der Waals surface area (Å²) in [6.07, 6.45) is -0.171. The molecule has 0 aliphatic carbocycles. The van der Waals surface area contributed by atoms with E-state index in [2.05, 4.69) is 4.98 Å². The Bertz CT molecular complexity index is 584. The molecule has 0 spiro atoms. The summed E-state index contributed by atoms with van der Waals surface area (Å²) in [7, 11) is 0. The van der Waals surface area contributed by atoms with Gasteiger partial charge < -0.3 is 5.11 Å². The van der Waals surface area contributed by atoms with Gasteiger partial charge in [0.05, 0.1) is 12.1 Å². The molecule has 3 nitrogen and oxygen atoms in total. The molecular weight excluding hydrogens is 257 g/mol. The van der Waals surface area contributed by atoms with Crippen molar-refractivity contribution in [2.24, 2.45) is 0 Å². The molecule has 0 saturated carbocycles. The molecule has 0 saturated heterocycles. The first-order valence-electron chi connectivity index (χ1n) is 5.19. The van der Waals surface area contributed by atoms with Crippen molar-refractivity contribution in [3.63, 3.8) is 0 Å². The number of carboxylic acid groups (broad SMARTS) is 1. The summed E-state index contributed by atoms with van der Waals surface area (Å²) < 4.78 is 12.8. The zero-order valence-corrected chi connectivity index (χ0v) is 9.99. The Morgan fingerprint density at radius 3 is 2.44 bits per heavy atom. The number of hydrogen-bond acceptors (Lipinski definition) is 2. The molecule has 1 N–H and O–H groups in total. The van der Waals surface area contributed by atoms with Gasteiger partial charge in [-0.05, 0) is 30.3 Å². The molecule has 18 heavy (non-hydrogen) atoms. The van der Waals surface area contributed by atoms with Gasteiger partial charge in [0.15, 0.2) is 0 Å². The molecule has 92 valence electrons. The van der Waals surface area contributed by atoms with Gasteiger partial charge in [-0.3, -0.25) is 4.79 Å². The van der Waals surface area contributed by atoms with Gasteiger partial charge in [0.2, 0.25) is 0 Å². The number of pyridine rings is 1. The van der Waals surface area contributed by atoms with Crippen molar-refractivity contribution in [2.45, 2.75) is 6.42 Å². The highest BCUT2D eigenvalue weighted by Gasteiger charge is 2.08. The summed E-state index contributed by atoms with van der Waals surface area (Å²) in [4.78, 5) is 14.7. The Morgan fingerprint density at radius 2 is 1.89 bits per heavy atom. The van der Waals surface area contributed by atoms with Crippen LogP contribution in [-0.4, -0.2) is 16.1 Å². The Hall–Kier alpha value is -1.94. The summed E-state index contributed by atoms with van der Waals surface area (Å²) in [5, 5.41) is 8.83. The van der Waals surface area contributed by atoms with Crippen LogP contribution in [0.3, 0.4) is 0 Å². The van der Waals surface area contributed by atoms with Crippen molar-refractivity contribution in [1.82, 2.24) is 4.98 Å². The molecule has 2 aromatic rings. The second-order valence-electron chi connectivity index (χ2n) is 3.72. The van der Waals surface area contributed by atoms with Crippen LogP contribution in [0.2, 0.25) is 5.15 Å². The van der Waals surface area contributed by atoms with E-state index in [1.54, 1.807) is 24.3 Å². The molecule has 0 fully saturated rings. The smallest absolute Gasteiger partial charge is 0.307 e. The topological polar surface area (TPSA) is 50.2 Å². The predicted octanol–water partition coefficient (Wildman–Crippen LogP) is 3.17. The first-order valence-corrected chi connectivity index (χ1v) is 5.57. The lowest BCUT2D eigenvalue weighted by atomic mass is 10.1. The van der Waals surface area contributed by atoms with Crippen molar-refractivity contribution in [3.8, 4) is 11.3 Å². The molecule has 0 unspecified atom stereocenters. The fourth-order valence-electron chi connectivity index (χ4n) is 1.54. The van der Waals surface area contributed by atoms with E-state index in [1.165, 1.54) is 12.1 Å². The van der Waals surface area contributed by atoms with Crippen LogP contribution in [0.25, 0.3) is 11.3 Å². The molecule has 1 heterocycles. The van der Waals surface area contributed by atoms with Crippen LogP contribution in [0.4, 0.5) is 4.39 Å². The highest BCUT2D eigenvalue weighted by Crippen LogP contribution is 2.22. The van der Waals surface area contributed by atoms with E-state index >= 15 is 0 Å². The average Bonchev–Trinajstić information content (AvgIpc) is 2.32. The van der Waals surface area contributed by atoms with Crippen molar-refractivity contribution < 1.29 is 14.3 Å². The van der Waals surface area contributed by atoms with Crippen LogP contribution in [0.1, 0.15) is 5.56 Å². The van der Waals surface area contributed by atoms with Crippen molar-refractivity contribution in [2.75, 3.05) is 0 Å². The number of benzene rings is 1. The molecule has 0 bridgehead atoms. The van der Waals surface area contributed by atoms with E-state index in [0.29, 0.717) is 11.3 Å². The van der Waals surface area contributed by atoms with E-state index in [1.807, 2.05) is 0 Å². The number of rotatable bonds is 3. The fourth-order valence-corrected chi connectivity index (χ4v) is 1.76. The number of carboxylic acids is 1. The zero-order chi connectivity index (χ0) is 13.1. The van der Waals surface area contributed by atoms with Gasteiger partial charge in [-0.15, -0.1) is 0 Å². The van der Waals surface area contributed by atoms with Crippen molar-refractivity contribution in [3.05, 3.63) is 52.9 Å². The first-order chi connectivity index (χ1) is 8.56. The Kier molecular flexibility index (Phi) is 3.58. The second kappa shape index (κ2) is 5.14. The maximum Gasteiger partial charge on any atom is 0.307 e. The molecular formula is C13H9ClFNO2. The zero-order valence-electron chi connectivity index (χ0n) is 9.23. The molecule has 1 aromatic carbocycles. The van der Waals surface area contributed by atoms with Gasteiger partial charge >= 0.3 is 5.97 Å². The normalized spacial score (nSPS) is 10.3. The second-order valence-corrected chi connectivity index (χ2v) is 4.08. The number of aliphatic carboxylic acids is 1. The third-order valence-electron chi connectivity index (χ3n) is 2.41. The van der Waals surface area contributed by atoms with Crippen LogP contribution in [-0.2, 0) is 11.2 Å². The fraction of sp³-hybridized carbons (Fsp3) is 0.0769. The van der Waals surface area contributed by atoms with E-state index in [9.17, 15) is 9.18 Å². The number of hydrogen-bond donors (Lipinski definition) is 1. The number of aromatic nitrogens is 1. The lowest BCUT2D eigenvalue weighted by Crippen LogP contribution is -2.01. The SMILES string of the molecule is O=C(O)Cc1ccc(-c2ccc(F)cc2)nc1Cl. The summed E-state index contributed by atoms with van der Waals surface area (Å²) in [6.45, 7) is 0. The predicted molar refractivity (Wildman–Crippen MR) is 66.0 cm³/mol. The number of halogens is 2. The van der Waals surface area contributed by atoms with E-state index in [0.717, 1.165) is 5.56 Å². The van der Waals surface area contributed by atoms with Crippen LogP contribution >= 0.6 is 11.6 Å². The minimum atomic E-state index is -0.965. The minimum absolute atomic E-state index is 0.152. The molecule has 0 aliphatic rings. The lowest BCUT2D eigenvalue weighted by Gasteiger charge is -2.04. The molecule has 2 rings (SSSR count). The van der Waals surface area contributed by atoms with E-state index < -0.39 is 5.97 Å². The van der Waals surface area contributed by atoms with Crippen LogP contribution in [0, 0.1) is 5.82 Å². The Labute approximate surface area is 108 Å². The monoisotopic (exact) mass is 265 g/mol. The largest absolute Gasteiger partial charge is 0.481 e. The summed E-state index contributed by atoms with van der Waals surface area (Å²) in [6, 6.07) is 9.11. The maximum absolute atomic E-state index is 12.8. The minimum Gasteiger partial charge on any atom is -0.481 e. The van der Waals surface area contributed by atoms with Gasteiger partial charge in [0.1, 0.15) is 11.0 Å². The maximum atomic E-state index is 12.8. The average molecular weight is 266 g/mol. The highest BCUT2D eigenvalue weighted by atomic mass is 35.5. The summed E-state index contributed by atoms with van der Waals surface area (Å²) in [5.41, 5.74) is 1.75. The van der Waals surface area contributed by atoms with E-state index in [-0.39, 0.29) is 17.4 Å². The van der Waals surface area contributed by atoms with Crippen LogP contribution in [0.15, 0.2) is 36.4 Å². The first kappa shape index (κ1) is 12.5. The quantitative estimate of drug-likeness (QED) is 0.867. The van der Waals surface area contributed by atoms with Crippen molar-refractivity contribution in [1.29, 1.82) is 0 Å². The molecule has 0 radical (unpaired) electrons. The highest BCUT2D eigenvalue weighted by molar-refractivity contribution is 6.30. The summed E-state index contributed by atoms with van der Waals surface area (Å²) >= 11 is 5.91. The van der Waals surface area contributed by atoms with Crippen LogP contribution in [0.5, 0.6) is 0 Å². The van der Waals surface area contributed by atoms with Crippen LogP contribution < -0.4 is 0 Å². The van der Waals surface area contributed by atoms with Crippen molar-refractivity contribution >= 4 is 17.6 Å². The number of carbonyl (C=O) groups is 1. The van der Waals surface area contributed by atoms with Gasteiger partial charge in [0, 0.05) is 11.1 Å². The third kappa shape index (κ3) is 2.84. The standard InChI is InChI=1S/C13H9ClFNO2/c14-13-9(7-12(17)18)3-6-11(16-13)8-1-4-10(15)5-2-8/h1-6H,7H2,(H,17,18). The number of nitrogens with zero attached hydrogens (tertiary/aromatic N) is 1. The molecule has 0 atom stereocenters. The Morgan fingerprint density at radius 1 is 1.22 bits per heavy atom. The molecule has 1 aromatic heterocycles. The molecule has 0 aliphatic heterocycles. The molecule has 5 heteroatoms. The Balaban J connectivity index is 2.33. The lowest BCUT2D eigenvalue weighted by molar-refractivity contribution is -0.136.